The van der Waals surface area contributed by atoms with Crippen LogP contribution in [-0.4, -0.2) is 41.3 Å². The van der Waals surface area contributed by atoms with Crippen LogP contribution in [-0.2, 0) is 16.7 Å². The first-order valence-electron chi connectivity index (χ1n) is 11.2. The quantitative estimate of drug-likeness (QED) is 0.689. The fraction of sp³-hybridized carbons (Fsp3) is 0.652. The number of aromatic nitrogens is 2. The molecule has 0 radical (unpaired) electrons. The molecule has 0 unspecified atom stereocenters. The lowest BCUT2D eigenvalue weighted by Crippen LogP contribution is -2.46. The third-order valence-corrected chi connectivity index (χ3v) is 6.91. The van der Waals surface area contributed by atoms with E-state index >= 15 is 0 Å². The van der Waals surface area contributed by atoms with Gasteiger partial charge in [-0.1, -0.05) is 24.1 Å². The lowest BCUT2D eigenvalue weighted by atomic mass is 9.74. The van der Waals surface area contributed by atoms with E-state index in [1.165, 1.54) is 25.0 Å². The lowest BCUT2D eigenvalue weighted by molar-refractivity contribution is 0.0778. The zero-order valence-electron chi connectivity index (χ0n) is 17.3. The van der Waals surface area contributed by atoms with Gasteiger partial charge in [0, 0.05) is 37.6 Å². The largest absolute Gasteiger partial charge is 0.381 e. The Bertz CT molecular complexity index is 879. The molecule has 2 saturated heterocycles. The van der Waals surface area contributed by atoms with Crippen molar-refractivity contribution in [3.63, 3.8) is 0 Å². The average Bonchev–Trinajstić information content (AvgIpc) is 3.41. The summed E-state index contributed by atoms with van der Waals surface area (Å²) in [4.78, 5) is 7.24. The molecule has 1 aromatic heterocycles. The molecule has 3 aliphatic rings. The molecule has 0 spiro atoms. The van der Waals surface area contributed by atoms with Crippen LogP contribution in [0.4, 0.5) is 8.78 Å². The van der Waals surface area contributed by atoms with E-state index in [1.54, 1.807) is 6.07 Å². The summed E-state index contributed by atoms with van der Waals surface area (Å²) in [5, 5.41) is 4.47. The summed E-state index contributed by atoms with van der Waals surface area (Å²) in [5.74, 6) is 1.03. The third-order valence-electron chi connectivity index (χ3n) is 6.91. The van der Waals surface area contributed by atoms with Crippen LogP contribution < -0.4 is 0 Å². The summed E-state index contributed by atoms with van der Waals surface area (Å²) in [6.45, 7) is 3.87. The molecule has 0 N–H and O–H groups in total. The van der Waals surface area contributed by atoms with E-state index in [0.29, 0.717) is 12.5 Å². The number of hydrogen-bond donors (Lipinski definition) is 0. The normalized spacial score (nSPS) is 26.2. The van der Waals surface area contributed by atoms with Gasteiger partial charge in [0.15, 0.2) is 17.5 Å². The number of rotatable bonds is 6. The molecule has 1 aromatic carbocycles. The van der Waals surface area contributed by atoms with E-state index in [4.69, 9.17) is 14.2 Å². The Hall–Kier alpha value is -1.86. The van der Waals surface area contributed by atoms with Crippen LogP contribution in [0.5, 0.6) is 0 Å². The second-order valence-electron chi connectivity index (χ2n) is 9.33. The molecule has 2 aromatic rings. The Morgan fingerprint density at radius 3 is 2.70 bits per heavy atom. The Morgan fingerprint density at radius 2 is 1.93 bits per heavy atom. The van der Waals surface area contributed by atoms with Gasteiger partial charge in [-0.05, 0) is 62.3 Å². The molecule has 162 valence electrons. The predicted octanol–water partition coefficient (Wildman–Crippen LogP) is 4.58. The fourth-order valence-corrected chi connectivity index (χ4v) is 5.13. The van der Waals surface area contributed by atoms with Crippen LogP contribution in [0.1, 0.15) is 68.1 Å². The van der Waals surface area contributed by atoms with Gasteiger partial charge < -0.3 is 9.26 Å². The molecule has 5 nitrogen and oxygen atoms in total. The molecule has 1 atom stereocenters. The maximum absolute atomic E-state index is 13.7. The molecule has 3 fully saturated rings. The molecular weight excluding hydrogens is 388 g/mol. The molecule has 7 heteroatoms. The molecule has 0 amide bonds. The number of likely N-dealkylation sites (tertiary alicyclic amines) is 1. The van der Waals surface area contributed by atoms with Gasteiger partial charge >= 0.3 is 0 Å². The third kappa shape index (κ3) is 4.28. The minimum atomic E-state index is -0.798. The first-order chi connectivity index (χ1) is 14.6. The van der Waals surface area contributed by atoms with Crippen LogP contribution in [0.2, 0.25) is 0 Å². The van der Waals surface area contributed by atoms with Crippen molar-refractivity contribution in [1.29, 1.82) is 0 Å². The average molecular weight is 418 g/mol. The minimum absolute atomic E-state index is 0.120. The van der Waals surface area contributed by atoms with Crippen molar-refractivity contribution in [1.82, 2.24) is 15.0 Å². The van der Waals surface area contributed by atoms with E-state index in [-0.39, 0.29) is 5.41 Å². The standard InChI is InChI=1S/C23H29F2N3O2/c24-19-5-4-17(12-20(19)25)14-28-9-1-8-23(15-28,13-16-2-3-16)22-26-21(30-27-22)18-6-10-29-11-7-18/h4-5,12,16,18H,1-3,6-11,13-15H2/t23-/m1/s1. The van der Waals surface area contributed by atoms with E-state index in [0.717, 1.165) is 81.6 Å². The highest BCUT2D eigenvalue weighted by Crippen LogP contribution is 2.46. The smallest absolute Gasteiger partial charge is 0.229 e. The maximum atomic E-state index is 13.7. The van der Waals surface area contributed by atoms with Gasteiger partial charge in [-0.25, -0.2) is 8.78 Å². The second-order valence-corrected chi connectivity index (χ2v) is 9.33. The predicted molar refractivity (Wildman–Crippen MR) is 107 cm³/mol. The number of ether oxygens (including phenoxy) is 1. The summed E-state index contributed by atoms with van der Waals surface area (Å²) in [6.07, 6.45) is 7.57. The molecular formula is C23H29F2N3O2. The molecule has 2 aliphatic heterocycles. The van der Waals surface area contributed by atoms with Crippen molar-refractivity contribution in [3.05, 3.63) is 47.1 Å². The second kappa shape index (κ2) is 8.35. The van der Waals surface area contributed by atoms with Crippen molar-refractivity contribution in [3.8, 4) is 0 Å². The first-order valence-corrected chi connectivity index (χ1v) is 11.2. The summed E-state index contributed by atoms with van der Waals surface area (Å²) in [7, 11) is 0. The van der Waals surface area contributed by atoms with Gasteiger partial charge in [-0.3, -0.25) is 4.90 Å². The SMILES string of the molecule is Fc1ccc(CN2CCC[C@](CC3CC3)(c3noc(C4CCOCC4)n3)C2)cc1F. The van der Waals surface area contributed by atoms with Gasteiger partial charge in [-0.2, -0.15) is 4.98 Å². The summed E-state index contributed by atoms with van der Waals surface area (Å²) in [6, 6.07) is 4.20. The summed E-state index contributed by atoms with van der Waals surface area (Å²) < 4.78 is 38.2. The molecule has 5 rings (SSSR count). The number of hydrogen-bond acceptors (Lipinski definition) is 5. The van der Waals surface area contributed by atoms with Crippen LogP contribution in [0.15, 0.2) is 22.7 Å². The maximum Gasteiger partial charge on any atom is 0.229 e. The van der Waals surface area contributed by atoms with E-state index < -0.39 is 11.6 Å². The van der Waals surface area contributed by atoms with Gasteiger partial charge in [-0.15, -0.1) is 0 Å². The van der Waals surface area contributed by atoms with Gasteiger partial charge in [0.25, 0.3) is 0 Å². The van der Waals surface area contributed by atoms with Crippen LogP contribution >= 0.6 is 0 Å². The Labute approximate surface area is 175 Å². The lowest BCUT2D eigenvalue weighted by Gasteiger charge is -2.41. The fourth-order valence-electron chi connectivity index (χ4n) is 5.13. The minimum Gasteiger partial charge on any atom is -0.381 e. The highest BCUT2D eigenvalue weighted by Gasteiger charge is 2.45. The van der Waals surface area contributed by atoms with Crippen molar-refractivity contribution < 1.29 is 18.0 Å². The topological polar surface area (TPSA) is 51.4 Å². The number of benzene rings is 1. The molecule has 0 bridgehead atoms. The van der Waals surface area contributed by atoms with Crippen LogP contribution in [0.3, 0.4) is 0 Å². The highest BCUT2D eigenvalue weighted by atomic mass is 19.2. The van der Waals surface area contributed by atoms with Gasteiger partial charge in [0.05, 0.1) is 0 Å². The Morgan fingerprint density at radius 1 is 1.10 bits per heavy atom. The van der Waals surface area contributed by atoms with E-state index in [1.807, 2.05) is 0 Å². The zero-order chi connectivity index (χ0) is 20.6. The monoisotopic (exact) mass is 417 g/mol. The summed E-state index contributed by atoms with van der Waals surface area (Å²) >= 11 is 0. The van der Waals surface area contributed by atoms with Crippen LogP contribution in [0, 0.1) is 17.6 Å². The Kier molecular flexibility index (Phi) is 5.58. The number of halogens is 2. The van der Waals surface area contributed by atoms with Gasteiger partial charge in [0.1, 0.15) is 0 Å². The first kappa shape index (κ1) is 20.1. The van der Waals surface area contributed by atoms with Crippen molar-refractivity contribution in [2.75, 3.05) is 26.3 Å². The van der Waals surface area contributed by atoms with E-state index in [2.05, 4.69) is 10.1 Å². The Balaban J connectivity index is 1.36. The zero-order valence-corrected chi connectivity index (χ0v) is 17.3. The van der Waals surface area contributed by atoms with Crippen LogP contribution in [0.25, 0.3) is 0 Å². The van der Waals surface area contributed by atoms with Crippen molar-refractivity contribution in [2.24, 2.45) is 5.92 Å². The molecule has 3 heterocycles. The molecule has 30 heavy (non-hydrogen) atoms. The highest BCUT2D eigenvalue weighted by molar-refractivity contribution is 5.19. The van der Waals surface area contributed by atoms with Gasteiger partial charge in [0.2, 0.25) is 5.89 Å². The molecule has 1 aliphatic carbocycles. The van der Waals surface area contributed by atoms with E-state index in [9.17, 15) is 8.78 Å². The number of piperidine rings is 1. The van der Waals surface area contributed by atoms with Crippen molar-refractivity contribution in [2.45, 2.75) is 62.8 Å². The molecule has 1 saturated carbocycles. The van der Waals surface area contributed by atoms with Crippen molar-refractivity contribution >= 4 is 0 Å². The number of nitrogens with zero attached hydrogens (tertiary/aromatic N) is 3. The summed E-state index contributed by atoms with van der Waals surface area (Å²) in [5.41, 5.74) is 0.678.